The molecule has 1 fully saturated rings. The van der Waals surface area contributed by atoms with E-state index in [1.165, 1.54) is 21.6 Å². The SMILES string of the molecule is CC(CCO)S(=O)(=O)C1(CN2CCn3c(ccc(C(=O)NCc4ccc(Cl)cc4)c3=O)C2=O)CC1. The van der Waals surface area contributed by atoms with Crippen LogP contribution in [0.3, 0.4) is 0 Å². The number of rotatable bonds is 9. The van der Waals surface area contributed by atoms with E-state index in [1.807, 2.05) is 0 Å². The fourth-order valence-electron chi connectivity index (χ4n) is 4.46. The van der Waals surface area contributed by atoms with E-state index in [0.717, 1.165) is 5.56 Å². The highest BCUT2D eigenvalue weighted by Gasteiger charge is 2.57. The summed E-state index contributed by atoms with van der Waals surface area (Å²) in [6, 6.07) is 9.73. The lowest BCUT2D eigenvalue weighted by Crippen LogP contribution is -2.50. The molecule has 0 spiro atoms. The Kier molecular flexibility index (Phi) is 7.08. The average Bonchev–Trinajstić information content (AvgIpc) is 3.62. The third-order valence-electron chi connectivity index (χ3n) is 6.84. The van der Waals surface area contributed by atoms with Crippen LogP contribution in [-0.2, 0) is 22.9 Å². The number of sulfone groups is 1. The lowest BCUT2D eigenvalue weighted by molar-refractivity contribution is 0.0694. The number of nitrogens with zero attached hydrogens (tertiary/aromatic N) is 2. The minimum absolute atomic E-state index is 0.0570. The summed E-state index contributed by atoms with van der Waals surface area (Å²) in [5.74, 6) is -0.978. The number of aromatic nitrogens is 1. The van der Waals surface area contributed by atoms with Crippen LogP contribution in [0, 0.1) is 0 Å². The van der Waals surface area contributed by atoms with Gasteiger partial charge in [0.05, 0.1) is 10.00 Å². The van der Waals surface area contributed by atoms with E-state index in [2.05, 4.69) is 5.32 Å². The van der Waals surface area contributed by atoms with E-state index >= 15 is 0 Å². The van der Waals surface area contributed by atoms with Gasteiger partial charge in [-0.3, -0.25) is 14.4 Å². The maximum absolute atomic E-state index is 13.1. The Labute approximate surface area is 208 Å². The number of hydrogen-bond acceptors (Lipinski definition) is 6. The summed E-state index contributed by atoms with van der Waals surface area (Å²) >= 11 is 5.87. The van der Waals surface area contributed by atoms with Crippen LogP contribution in [0.5, 0.6) is 0 Å². The number of carbonyl (C=O) groups excluding carboxylic acids is 2. The van der Waals surface area contributed by atoms with Crippen LogP contribution in [0.4, 0.5) is 0 Å². The van der Waals surface area contributed by atoms with Crippen LogP contribution < -0.4 is 10.9 Å². The fourth-order valence-corrected chi connectivity index (χ4v) is 6.86. The van der Waals surface area contributed by atoms with E-state index in [-0.39, 0.29) is 50.5 Å². The zero-order valence-corrected chi connectivity index (χ0v) is 20.9. The van der Waals surface area contributed by atoms with Gasteiger partial charge in [0.2, 0.25) is 0 Å². The van der Waals surface area contributed by atoms with E-state index in [4.69, 9.17) is 16.7 Å². The molecule has 11 heteroatoms. The van der Waals surface area contributed by atoms with Gasteiger partial charge in [-0.1, -0.05) is 23.7 Å². The summed E-state index contributed by atoms with van der Waals surface area (Å²) < 4.78 is 26.3. The Balaban J connectivity index is 1.48. The second kappa shape index (κ2) is 9.75. The molecule has 0 radical (unpaired) electrons. The molecule has 0 saturated heterocycles. The zero-order chi connectivity index (χ0) is 25.4. The van der Waals surface area contributed by atoms with E-state index < -0.39 is 37.2 Å². The first-order valence-electron chi connectivity index (χ1n) is 11.5. The first-order valence-corrected chi connectivity index (χ1v) is 13.4. The van der Waals surface area contributed by atoms with Crippen molar-refractivity contribution in [2.24, 2.45) is 0 Å². The molecule has 2 aromatic rings. The molecule has 4 rings (SSSR count). The molecule has 1 aliphatic heterocycles. The van der Waals surface area contributed by atoms with Crippen LogP contribution in [0.2, 0.25) is 5.02 Å². The van der Waals surface area contributed by atoms with Crippen molar-refractivity contribution in [3.05, 3.63) is 68.6 Å². The molecular weight excluding hydrogens is 494 g/mol. The first kappa shape index (κ1) is 25.4. The summed E-state index contributed by atoms with van der Waals surface area (Å²) in [5.41, 5.74) is 0.327. The van der Waals surface area contributed by atoms with Crippen molar-refractivity contribution in [2.75, 3.05) is 19.7 Å². The maximum Gasteiger partial charge on any atom is 0.270 e. The number of amides is 2. The standard InChI is InChI=1S/C24H28ClN3O6S/c1-16(8-13-29)35(33,34)24(9-10-24)15-27-11-12-28-20(23(27)32)7-6-19(22(28)31)21(30)26-14-17-2-4-18(25)5-3-17/h2-7,16,29H,8-15H2,1H3,(H,26,30). The Morgan fingerprint density at radius 1 is 1.14 bits per heavy atom. The molecule has 2 heterocycles. The van der Waals surface area contributed by atoms with Gasteiger partial charge in [0.1, 0.15) is 11.3 Å². The molecule has 2 amide bonds. The molecule has 1 atom stereocenters. The van der Waals surface area contributed by atoms with Crippen LogP contribution >= 0.6 is 11.6 Å². The van der Waals surface area contributed by atoms with Gasteiger partial charge in [-0.15, -0.1) is 0 Å². The molecule has 2 N–H and O–H groups in total. The molecule has 1 aromatic carbocycles. The summed E-state index contributed by atoms with van der Waals surface area (Å²) in [4.78, 5) is 40.2. The Bertz CT molecular complexity index is 1300. The minimum Gasteiger partial charge on any atom is -0.396 e. The van der Waals surface area contributed by atoms with Crippen molar-refractivity contribution in [3.63, 3.8) is 0 Å². The lowest BCUT2D eigenvalue weighted by atomic mass is 10.1. The van der Waals surface area contributed by atoms with Crippen LogP contribution in [0.1, 0.15) is 52.6 Å². The Morgan fingerprint density at radius 3 is 2.46 bits per heavy atom. The molecule has 1 unspecified atom stereocenters. The Morgan fingerprint density at radius 2 is 1.83 bits per heavy atom. The number of fused-ring (bicyclic) bond motifs is 1. The van der Waals surface area contributed by atoms with Gasteiger partial charge in [0, 0.05) is 37.8 Å². The van der Waals surface area contributed by atoms with Crippen LogP contribution in [0.15, 0.2) is 41.2 Å². The van der Waals surface area contributed by atoms with Crippen molar-refractivity contribution in [2.45, 2.75) is 49.3 Å². The molecule has 0 bridgehead atoms. The third-order valence-corrected chi connectivity index (χ3v) is 10.1. The number of benzene rings is 1. The smallest absolute Gasteiger partial charge is 0.270 e. The van der Waals surface area contributed by atoms with Gasteiger partial charge in [-0.05, 0) is 56.0 Å². The summed E-state index contributed by atoms with van der Waals surface area (Å²) in [5, 5.41) is 11.7. The van der Waals surface area contributed by atoms with Crippen molar-refractivity contribution in [3.8, 4) is 0 Å². The predicted octanol–water partition coefficient (Wildman–Crippen LogP) is 1.61. The summed E-state index contributed by atoms with van der Waals surface area (Å²) in [6.07, 6.45) is 1.09. The number of pyridine rings is 1. The first-order chi connectivity index (χ1) is 16.6. The van der Waals surface area contributed by atoms with Gasteiger partial charge in [0.15, 0.2) is 9.84 Å². The number of halogens is 1. The van der Waals surface area contributed by atoms with Gasteiger partial charge in [-0.25, -0.2) is 8.42 Å². The predicted molar refractivity (Wildman–Crippen MR) is 131 cm³/mol. The lowest BCUT2D eigenvalue weighted by Gasteiger charge is -2.33. The second-order valence-electron chi connectivity index (χ2n) is 9.18. The summed E-state index contributed by atoms with van der Waals surface area (Å²) in [7, 11) is -3.53. The van der Waals surface area contributed by atoms with Crippen LogP contribution in [0.25, 0.3) is 0 Å². The Hall–Kier alpha value is -2.69. The summed E-state index contributed by atoms with van der Waals surface area (Å²) in [6.45, 7) is 1.98. The highest BCUT2D eigenvalue weighted by atomic mass is 35.5. The van der Waals surface area contributed by atoms with E-state index in [9.17, 15) is 22.8 Å². The number of carbonyl (C=O) groups is 2. The maximum atomic E-state index is 13.1. The van der Waals surface area contributed by atoms with Gasteiger partial charge in [-0.2, -0.15) is 0 Å². The minimum atomic E-state index is -3.53. The average molecular weight is 522 g/mol. The fraction of sp³-hybridized carbons (Fsp3) is 0.458. The van der Waals surface area contributed by atoms with E-state index in [0.29, 0.717) is 17.9 Å². The van der Waals surface area contributed by atoms with Gasteiger partial charge >= 0.3 is 0 Å². The second-order valence-corrected chi connectivity index (χ2v) is 12.4. The highest BCUT2D eigenvalue weighted by molar-refractivity contribution is 7.93. The van der Waals surface area contributed by atoms with Crippen molar-refractivity contribution < 1.29 is 23.1 Å². The van der Waals surface area contributed by atoms with Gasteiger partial charge in [0.25, 0.3) is 17.4 Å². The third kappa shape index (κ3) is 4.87. The quantitative estimate of drug-likeness (QED) is 0.516. The number of hydrogen-bond donors (Lipinski definition) is 2. The topological polar surface area (TPSA) is 126 Å². The molecule has 2 aliphatic rings. The molecular formula is C24H28ClN3O6S. The molecule has 35 heavy (non-hydrogen) atoms. The zero-order valence-electron chi connectivity index (χ0n) is 19.4. The normalized spacial score (nSPS) is 17.6. The van der Waals surface area contributed by atoms with Crippen molar-refractivity contribution >= 4 is 33.3 Å². The van der Waals surface area contributed by atoms with Gasteiger partial charge < -0.3 is 19.9 Å². The monoisotopic (exact) mass is 521 g/mol. The molecule has 188 valence electrons. The van der Waals surface area contributed by atoms with Crippen molar-refractivity contribution in [1.29, 1.82) is 0 Å². The van der Waals surface area contributed by atoms with Crippen LogP contribution in [-0.4, -0.2) is 64.5 Å². The highest BCUT2D eigenvalue weighted by Crippen LogP contribution is 2.47. The number of nitrogens with one attached hydrogen (secondary N) is 1. The number of aliphatic hydroxyl groups is 1. The van der Waals surface area contributed by atoms with E-state index in [1.54, 1.807) is 31.2 Å². The molecule has 9 nitrogen and oxygen atoms in total. The molecule has 1 saturated carbocycles. The molecule has 1 aliphatic carbocycles. The van der Waals surface area contributed by atoms with Crippen molar-refractivity contribution in [1.82, 2.24) is 14.8 Å². The largest absolute Gasteiger partial charge is 0.396 e. The number of aliphatic hydroxyl groups excluding tert-OH is 1. The molecule has 1 aromatic heterocycles.